The van der Waals surface area contributed by atoms with Gasteiger partial charge < -0.3 is 11.1 Å². The lowest BCUT2D eigenvalue weighted by Crippen LogP contribution is -2.00. The minimum atomic E-state index is -0.368. The largest absolute Gasteiger partial charge is 0.396 e. The minimum absolute atomic E-state index is 0.184. The zero-order chi connectivity index (χ0) is 11.4. The number of nitrogen functional groups attached to an aromatic ring is 1. The van der Waals surface area contributed by atoms with Crippen LogP contribution < -0.4 is 11.1 Å². The zero-order valence-electron chi connectivity index (χ0n) is 8.78. The number of hydrogen-bond acceptors (Lipinski definition) is 2. The molecule has 0 fully saturated rings. The Hall–Kier alpha value is -2.03. The Bertz CT molecular complexity index is 469. The van der Waals surface area contributed by atoms with Crippen LogP contribution in [0.3, 0.4) is 0 Å². The molecule has 0 amide bonds. The number of hydrogen-bond donors (Lipinski definition) is 2. The van der Waals surface area contributed by atoms with Crippen LogP contribution in [-0.4, -0.2) is 0 Å². The topological polar surface area (TPSA) is 38.0 Å². The van der Waals surface area contributed by atoms with E-state index in [2.05, 4.69) is 5.32 Å². The SMILES string of the molecule is Nc1ccc(CNc2ccccc2)cc1F. The van der Waals surface area contributed by atoms with Crippen molar-refractivity contribution in [1.29, 1.82) is 0 Å². The molecule has 0 spiro atoms. The second-order valence-corrected chi connectivity index (χ2v) is 3.58. The molecule has 0 aliphatic carbocycles. The van der Waals surface area contributed by atoms with Gasteiger partial charge in [-0.05, 0) is 29.8 Å². The van der Waals surface area contributed by atoms with Crippen molar-refractivity contribution in [3.63, 3.8) is 0 Å². The van der Waals surface area contributed by atoms with Crippen LogP contribution in [-0.2, 0) is 6.54 Å². The highest BCUT2D eigenvalue weighted by molar-refractivity contribution is 5.45. The Labute approximate surface area is 93.9 Å². The lowest BCUT2D eigenvalue weighted by molar-refractivity contribution is 0.630. The van der Waals surface area contributed by atoms with E-state index in [9.17, 15) is 4.39 Å². The number of para-hydroxylation sites is 1. The van der Waals surface area contributed by atoms with E-state index in [1.165, 1.54) is 6.07 Å². The van der Waals surface area contributed by atoms with E-state index < -0.39 is 0 Å². The lowest BCUT2D eigenvalue weighted by Gasteiger charge is -2.06. The molecule has 2 aromatic carbocycles. The summed E-state index contributed by atoms with van der Waals surface area (Å²) in [6, 6.07) is 14.6. The van der Waals surface area contributed by atoms with Crippen LogP contribution in [0.1, 0.15) is 5.56 Å². The molecule has 0 unspecified atom stereocenters. The van der Waals surface area contributed by atoms with Crippen LogP contribution in [0, 0.1) is 5.82 Å². The number of nitrogens with two attached hydrogens (primary N) is 1. The summed E-state index contributed by atoms with van der Waals surface area (Å²) in [6.07, 6.45) is 0. The Kier molecular flexibility index (Phi) is 3.05. The predicted octanol–water partition coefficient (Wildman–Crippen LogP) is 3.02. The van der Waals surface area contributed by atoms with Crippen LogP contribution in [0.5, 0.6) is 0 Å². The Morgan fingerprint density at radius 3 is 2.50 bits per heavy atom. The van der Waals surface area contributed by atoms with Crippen molar-refractivity contribution in [2.24, 2.45) is 0 Å². The van der Waals surface area contributed by atoms with Crippen molar-refractivity contribution in [2.75, 3.05) is 11.1 Å². The van der Waals surface area contributed by atoms with Crippen molar-refractivity contribution in [2.45, 2.75) is 6.54 Å². The fraction of sp³-hybridized carbons (Fsp3) is 0.0769. The first-order chi connectivity index (χ1) is 7.75. The third-order valence-corrected chi connectivity index (χ3v) is 2.34. The van der Waals surface area contributed by atoms with Gasteiger partial charge in [0.2, 0.25) is 0 Å². The number of benzene rings is 2. The van der Waals surface area contributed by atoms with Crippen LogP contribution >= 0.6 is 0 Å². The molecule has 0 atom stereocenters. The highest BCUT2D eigenvalue weighted by Crippen LogP contribution is 2.13. The highest BCUT2D eigenvalue weighted by atomic mass is 19.1. The molecule has 3 heteroatoms. The quantitative estimate of drug-likeness (QED) is 0.774. The molecular weight excluding hydrogens is 203 g/mol. The van der Waals surface area contributed by atoms with Crippen LogP contribution in [0.4, 0.5) is 15.8 Å². The lowest BCUT2D eigenvalue weighted by atomic mass is 10.2. The number of halogens is 1. The summed E-state index contributed by atoms with van der Waals surface area (Å²) >= 11 is 0. The molecule has 2 aromatic rings. The van der Waals surface area contributed by atoms with Crippen LogP contribution in [0.15, 0.2) is 48.5 Å². The van der Waals surface area contributed by atoms with E-state index in [4.69, 9.17) is 5.73 Å². The van der Waals surface area contributed by atoms with Gasteiger partial charge in [-0.25, -0.2) is 4.39 Å². The summed E-state index contributed by atoms with van der Waals surface area (Å²) < 4.78 is 13.2. The second kappa shape index (κ2) is 4.66. The summed E-state index contributed by atoms with van der Waals surface area (Å²) in [5.41, 5.74) is 7.47. The van der Waals surface area contributed by atoms with E-state index in [1.807, 2.05) is 36.4 Å². The van der Waals surface area contributed by atoms with Gasteiger partial charge in [-0.1, -0.05) is 24.3 Å². The minimum Gasteiger partial charge on any atom is -0.396 e. The average Bonchev–Trinajstić information content (AvgIpc) is 2.32. The third kappa shape index (κ3) is 2.51. The van der Waals surface area contributed by atoms with Gasteiger partial charge in [-0.3, -0.25) is 0 Å². The Morgan fingerprint density at radius 1 is 1.06 bits per heavy atom. The molecule has 16 heavy (non-hydrogen) atoms. The van der Waals surface area contributed by atoms with Gasteiger partial charge in [0, 0.05) is 12.2 Å². The van der Waals surface area contributed by atoms with E-state index in [-0.39, 0.29) is 11.5 Å². The first kappa shape index (κ1) is 10.5. The molecule has 0 radical (unpaired) electrons. The van der Waals surface area contributed by atoms with Crippen molar-refractivity contribution < 1.29 is 4.39 Å². The second-order valence-electron chi connectivity index (χ2n) is 3.58. The summed E-state index contributed by atoms with van der Waals surface area (Å²) in [5, 5.41) is 3.20. The van der Waals surface area contributed by atoms with Gasteiger partial charge >= 0.3 is 0 Å². The van der Waals surface area contributed by atoms with E-state index in [1.54, 1.807) is 6.07 Å². The molecule has 0 bridgehead atoms. The standard InChI is InChI=1S/C13H13FN2/c14-12-8-10(6-7-13(12)15)9-16-11-4-2-1-3-5-11/h1-8,16H,9,15H2. The van der Waals surface area contributed by atoms with Gasteiger partial charge in [-0.2, -0.15) is 0 Å². The monoisotopic (exact) mass is 216 g/mol. The summed E-state index contributed by atoms with van der Waals surface area (Å²) in [6.45, 7) is 0.585. The average molecular weight is 216 g/mol. The fourth-order valence-electron chi connectivity index (χ4n) is 1.44. The van der Waals surface area contributed by atoms with Gasteiger partial charge in [0.15, 0.2) is 0 Å². The molecule has 0 saturated heterocycles. The van der Waals surface area contributed by atoms with E-state index in [0.29, 0.717) is 6.54 Å². The van der Waals surface area contributed by atoms with Crippen molar-refractivity contribution >= 4 is 11.4 Å². The number of rotatable bonds is 3. The van der Waals surface area contributed by atoms with Crippen LogP contribution in [0.25, 0.3) is 0 Å². The zero-order valence-corrected chi connectivity index (χ0v) is 8.78. The predicted molar refractivity (Wildman–Crippen MR) is 64.6 cm³/mol. The smallest absolute Gasteiger partial charge is 0.146 e. The Morgan fingerprint density at radius 2 is 1.81 bits per heavy atom. The van der Waals surface area contributed by atoms with Gasteiger partial charge in [0.05, 0.1) is 5.69 Å². The molecule has 0 aliphatic heterocycles. The third-order valence-electron chi connectivity index (χ3n) is 2.34. The highest BCUT2D eigenvalue weighted by Gasteiger charge is 1.99. The maximum Gasteiger partial charge on any atom is 0.146 e. The Balaban J connectivity index is 2.03. The molecule has 0 heterocycles. The molecular formula is C13H13FN2. The first-order valence-corrected chi connectivity index (χ1v) is 5.08. The maximum atomic E-state index is 13.2. The van der Waals surface area contributed by atoms with Gasteiger partial charge in [-0.15, -0.1) is 0 Å². The molecule has 2 nitrogen and oxygen atoms in total. The molecule has 0 aliphatic rings. The molecule has 2 rings (SSSR count). The summed E-state index contributed by atoms with van der Waals surface area (Å²) in [7, 11) is 0. The molecule has 0 aromatic heterocycles. The van der Waals surface area contributed by atoms with Gasteiger partial charge in [0.25, 0.3) is 0 Å². The first-order valence-electron chi connectivity index (χ1n) is 5.08. The van der Waals surface area contributed by atoms with E-state index in [0.717, 1.165) is 11.3 Å². The molecule has 82 valence electrons. The number of anilines is 2. The van der Waals surface area contributed by atoms with Crippen molar-refractivity contribution in [1.82, 2.24) is 0 Å². The molecule has 0 saturated carbocycles. The number of nitrogens with one attached hydrogen (secondary N) is 1. The fourth-order valence-corrected chi connectivity index (χ4v) is 1.44. The van der Waals surface area contributed by atoms with Crippen molar-refractivity contribution in [3.8, 4) is 0 Å². The summed E-state index contributed by atoms with van der Waals surface area (Å²) in [4.78, 5) is 0. The molecule has 3 N–H and O–H groups in total. The van der Waals surface area contributed by atoms with Crippen molar-refractivity contribution in [3.05, 3.63) is 59.9 Å². The maximum absolute atomic E-state index is 13.2. The van der Waals surface area contributed by atoms with E-state index >= 15 is 0 Å². The van der Waals surface area contributed by atoms with Crippen LogP contribution in [0.2, 0.25) is 0 Å². The summed E-state index contributed by atoms with van der Waals surface area (Å²) in [5.74, 6) is -0.368. The normalized spacial score (nSPS) is 10.1. The van der Waals surface area contributed by atoms with Gasteiger partial charge in [0.1, 0.15) is 5.82 Å².